The molecule has 3 aliphatic heterocycles. The molecule has 0 bridgehead atoms. The quantitative estimate of drug-likeness (QED) is 0.786. The lowest BCUT2D eigenvalue weighted by Crippen LogP contribution is -2.31. The zero-order valence-corrected chi connectivity index (χ0v) is 12.0. The average Bonchev–Trinajstić information content (AvgIpc) is 3.15. The number of likely N-dealkylation sites (N-methyl/N-ethyl adjacent to an activating group) is 1. The summed E-state index contributed by atoms with van der Waals surface area (Å²) in [6.07, 6.45) is 0.686. The van der Waals surface area contributed by atoms with Crippen molar-refractivity contribution in [2.75, 3.05) is 26.9 Å². The molecule has 6 nitrogen and oxygen atoms in total. The molecular weight excluding hydrogens is 272 g/mol. The topological polar surface area (TPSA) is 51.2 Å². The van der Waals surface area contributed by atoms with E-state index < -0.39 is 0 Å². The van der Waals surface area contributed by atoms with E-state index in [2.05, 4.69) is 4.90 Å². The third-order valence-corrected chi connectivity index (χ3v) is 4.32. The summed E-state index contributed by atoms with van der Waals surface area (Å²) in [7, 11) is 2.04. The number of rotatable bonds is 1. The molecule has 1 aromatic carbocycles. The van der Waals surface area contributed by atoms with Gasteiger partial charge >= 0.3 is 6.09 Å². The van der Waals surface area contributed by atoms with E-state index in [1.807, 2.05) is 19.2 Å². The van der Waals surface area contributed by atoms with Crippen LogP contribution in [0, 0.1) is 0 Å². The molecule has 0 N–H and O–H groups in total. The van der Waals surface area contributed by atoms with Crippen LogP contribution in [0.5, 0.6) is 11.5 Å². The molecule has 6 heteroatoms. The fourth-order valence-electron chi connectivity index (χ4n) is 3.18. The first-order valence-corrected chi connectivity index (χ1v) is 7.25. The van der Waals surface area contributed by atoms with E-state index in [1.54, 1.807) is 4.90 Å². The number of likely N-dealkylation sites (tertiary alicyclic amines) is 1. The molecule has 1 aromatic rings. The first kappa shape index (κ1) is 12.8. The maximum Gasteiger partial charge on any atom is 0.410 e. The number of carbonyl (C=O) groups is 1. The van der Waals surface area contributed by atoms with Crippen molar-refractivity contribution in [2.45, 2.75) is 25.6 Å². The molecule has 1 amide bonds. The van der Waals surface area contributed by atoms with E-state index in [0.29, 0.717) is 13.1 Å². The first-order chi connectivity index (χ1) is 10.2. The van der Waals surface area contributed by atoms with Gasteiger partial charge in [-0.1, -0.05) is 6.07 Å². The number of hydrogen-bond acceptors (Lipinski definition) is 5. The Morgan fingerprint density at radius 1 is 1.33 bits per heavy atom. The molecule has 1 atom stereocenters. The molecule has 0 aromatic heterocycles. The lowest BCUT2D eigenvalue weighted by Gasteiger charge is -2.19. The van der Waals surface area contributed by atoms with Gasteiger partial charge in [0.25, 0.3) is 0 Å². The number of amides is 1. The van der Waals surface area contributed by atoms with Crippen LogP contribution in [0.3, 0.4) is 0 Å². The van der Waals surface area contributed by atoms with Gasteiger partial charge in [0.05, 0.1) is 6.54 Å². The highest BCUT2D eigenvalue weighted by Gasteiger charge is 2.32. The van der Waals surface area contributed by atoms with Crippen molar-refractivity contribution < 1.29 is 19.0 Å². The van der Waals surface area contributed by atoms with E-state index in [0.717, 1.165) is 42.1 Å². The summed E-state index contributed by atoms with van der Waals surface area (Å²) in [6, 6.07) is 3.90. The SMILES string of the molecule is CN1CCC(OC(=O)N2Cc3ccc4c(c3C2)OCO4)C1. The van der Waals surface area contributed by atoms with Crippen molar-refractivity contribution in [2.24, 2.45) is 0 Å². The Morgan fingerprint density at radius 3 is 3.05 bits per heavy atom. The zero-order valence-electron chi connectivity index (χ0n) is 12.0. The maximum absolute atomic E-state index is 12.3. The van der Waals surface area contributed by atoms with Crippen LogP contribution in [0.1, 0.15) is 17.5 Å². The van der Waals surface area contributed by atoms with Gasteiger partial charge < -0.3 is 19.1 Å². The lowest BCUT2D eigenvalue weighted by atomic mass is 10.1. The Bertz CT molecular complexity index is 589. The highest BCUT2D eigenvalue weighted by Crippen LogP contribution is 2.41. The number of nitrogens with zero attached hydrogens (tertiary/aromatic N) is 2. The summed E-state index contributed by atoms with van der Waals surface area (Å²) in [4.78, 5) is 16.2. The maximum atomic E-state index is 12.3. The summed E-state index contributed by atoms with van der Waals surface area (Å²) < 4.78 is 16.5. The molecule has 1 unspecified atom stereocenters. The van der Waals surface area contributed by atoms with Gasteiger partial charge in [-0.15, -0.1) is 0 Å². The smallest absolute Gasteiger partial charge is 0.410 e. The van der Waals surface area contributed by atoms with Crippen molar-refractivity contribution in [1.29, 1.82) is 0 Å². The monoisotopic (exact) mass is 290 g/mol. The van der Waals surface area contributed by atoms with Crippen molar-refractivity contribution in [3.05, 3.63) is 23.3 Å². The fourth-order valence-corrected chi connectivity index (χ4v) is 3.18. The van der Waals surface area contributed by atoms with Gasteiger partial charge in [-0.2, -0.15) is 0 Å². The Hall–Kier alpha value is -1.95. The lowest BCUT2D eigenvalue weighted by molar-refractivity contribution is 0.0658. The van der Waals surface area contributed by atoms with Crippen LogP contribution >= 0.6 is 0 Å². The second-order valence-corrected chi connectivity index (χ2v) is 5.85. The Morgan fingerprint density at radius 2 is 2.24 bits per heavy atom. The first-order valence-electron chi connectivity index (χ1n) is 7.25. The van der Waals surface area contributed by atoms with Crippen LogP contribution in [-0.2, 0) is 17.8 Å². The minimum Gasteiger partial charge on any atom is -0.454 e. The summed E-state index contributed by atoms with van der Waals surface area (Å²) in [6.45, 7) is 3.16. The van der Waals surface area contributed by atoms with Gasteiger partial charge in [0.15, 0.2) is 11.5 Å². The Balaban J connectivity index is 1.46. The molecule has 3 aliphatic rings. The number of hydrogen-bond donors (Lipinski definition) is 0. The predicted octanol–water partition coefficient (Wildman–Crippen LogP) is 1.57. The van der Waals surface area contributed by atoms with Gasteiger partial charge in [0.2, 0.25) is 6.79 Å². The van der Waals surface area contributed by atoms with E-state index in [9.17, 15) is 4.79 Å². The molecule has 1 saturated heterocycles. The van der Waals surface area contributed by atoms with Crippen LogP contribution in [-0.4, -0.2) is 48.9 Å². The zero-order chi connectivity index (χ0) is 14.4. The third kappa shape index (κ3) is 2.19. The van der Waals surface area contributed by atoms with Gasteiger partial charge in [-0.25, -0.2) is 4.79 Å². The van der Waals surface area contributed by atoms with Gasteiger partial charge in [-0.3, -0.25) is 4.90 Å². The number of fused-ring (bicyclic) bond motifs is 3. The highest BCUT2D eigenvalue weighted by atomic mass is 16.7. The van der Waals surface area contributed by atoms with Crippen LogP contribution < -0.4 is 9.47 Å². The molecule has 0 spiro atoms. The van der Waals surface area contributed by atoms with E-state index in [1.165, 1.54) is 0 Å². The predicted molar refractivity (Wildman–Crippen MR) is 74.2 cm³/mol. The second-order valence-electron chi connectivity index (χ2n) is 5.85. The van der Waals surface area contributed by atoms with Crippen LogP contribution in [0.15, 0.2) is 12.1 Å². The average molecular weight is 290 g/mol. The molecule has 4 rings (SSSR count). The Kier molecular flexibility index (Phi) is 2.92. The number of ether oxygens (including phenoxy) is 3. The molecule has 0 saturated carbocycles. The van der Waals surface area contributed by atoms with Gasteiger partial charge in [0, 0.05) is 25.2 Å². The summed E-state index contributed by atoms with van der Waals surface area (Å²) in [5, 5.41) is 0. The van der Waals surface area contributed by atoms with Crippen molar-refractivity contribution >= 4 is 6.09 Å². The summed E-state index contributed by atoms with van der Waals surface area (Å²) in [5.74, 6) is 1.55. The third-order valence-electron chi connectivity index (χ3n) is 4.32. The van der Waals surface area contributed by atoms with E-state index in [4.69, 9.17) is 14.2 Å². The normalized spacial score (nSPS) is 23.5. The van der Waals surface area contributed by atoms with Gasteiger partial charge in [0.1, 0.15) is 6.10 Å². The minimum absolute atomic E-state index is 0.0107. The molecule has 0 aliphatic carbocycles. The Labute approximate surface area is 123 Å². The molecule has 0 radical (unpaired) electrons. The van der Waals surface area contributed by atoms with Gasteiger partial charge in [-0.05, 0) is 25.1 Å². The van der Waals surface area contributed by atoms with E-state index in [-0.39, 0.29) is 19.0 Å². The molecule has 1 fully saturated rings. The molecule has 3 heterocycles. The fraction of sp³-hybridized carbons (Fsp3) is 0.533. The number of benzene rings is 1. The minimum atomic E-state index is -0.237. The van der Waals surface area contributed by atoms with E-state index >= 15 is 0 Å². The summed E-state index contributed by atoms with van der Waals surface area (Å²) >= 11 is 0. The van der Waals surface area contributed by atoms with Crippen molar-refractivity contribution in [3.8, 4) is 11.5 Å². The van der Waals surface area contributed by atoms with Crippen LogP contribution in [0.25, 0.3) is 0 Å². The molecule has 21 heavy (non-hydrogen) atoms. The highest BCUT2D eigenvalue weighted by molar-refractivity contribution is 5.70. The molecular formula is C15H18N2O4. The second kappa shape index (κ2) is 4.80. The van der Waals surface area contributed by atoms with Crippen LogP contribution in [0.4, 0.5) is 4.79 Å². The van der Waals surface area contributed by atoms with Crippen LogP contribution in [0.2, 0.25) is 0 Å². The molecule has 112 valence electrons. The standard InChI is InChI=1S/C15H18N2O4/c1-16-5-4-11(7-16)21-15(18)17-6-10-2-3-13-14(12(10)8-17)20-9-19-13/h2-3,11H,4-9H2,1H3. The van der Waals surface area contributed by atoms with Crippen molar-refractivity contribution in [3.63, 3.8) is 0 Å². The largest absolute Gasteiger partial charge is 0.454 e. The number of carbonyl (C=O) groups excluding carboxylic acids is 1. The van der Waals surface area contributed by atoms with Crippen molar-refractivity contribution in [1.82, 2.24) is 9.80 Å². The summed E-state index contributed by atoms with van der Waals surface area (Å²) in [5.41, 5.74) is 2.16.